The molecule has 11 heteroatoms. The van der Waals surface area contributed by atoms with Crippen LogP contribution in [-0.4, -0.2) is 46.4 Å². The van der Waals surface area contributed by atoms with Crippen molar-refractivity contribution >= 4 is 35.7 Å². The number of halogens is 2. The zero-order valence-corrected chi connectivity index (χ0v) is 22.6. The minimum atomic E-state index is -0.635. The Bertz CT molecular complexity index is 1550. The summed E-state index contributed by atoms with van der Waals surface area (Å²) in [5.74, 6) is -1.88. The fraction of sp³-hybridized carbons (Fsp3) is 0.172. The van der Waals surface area contributed by atoms with E-state index in [1.807, 2.05) is 18.7 Å². The molecule has 9 nitrogen and oxygen atoms in total. The van der Waals surface area contributed by atoms with Crippen molar-refractivity contribution in [3.05, 3.63) is 84.1 Å². The van der Waals surface area contributed by atoms with Crippen molar-refractivity contribution < 1.29 is 23.5 Å². The number of furan rings is 1. The minimum absolute atomic E-state index is 0. The number of carbonyl (C=O) groups excluding carboxylic acids is 2. The van der Waals surface area contributed by atoms with Crippen molar-refractivity contribution in [2.24, 2.45) is 0 Å². The third kappa shape index (κ3) is 6.83. The van der Waals surface area contributed by atoms with Crippen molar-refractivity contribution in [2.75, 3.05) is 30.3 Å². The van der Waals surface area contributed by atoms with Gasteiger partial charge in [-0.3, -0.25) is 14.5 Å². The van der Waals surface area contributed by atoms with Crippen LogP contribution in [-0.2, 0) is 4.79 Å². The number of amides is 2. The number of phenols is 1. The van der Waals surface area contributed by atoms with Crippen LogP contribution in [0.25, 0.3) is 22.4 Å². The number of likely N-dealkylation sites (N-methyl/N-ethyl adjacent to an activating group) is 1. The zero-order valence-electron chi connectivity index (χ0n) is 21.8. The second kappa shape index (κ2) is 13.4. The number of phenolic OH excluding ortho intramolecular Hbond substituents is 1. The summed E-state index contributed by atoms with van der Waals surface area (Å²) < 4.78 is 18.8. The van der Waals surface area contributed by atoms with Gasteiger partial charge < -0.3 is 20.2 Å². The van der Waals surface area contributed by atoms with Crippen LogP contribution in [0.1, 0.15) is 30.0 Å². The maximum Gasteiger partial charge on any atom is 0.292 e. The number of hydrogen-bond acceptors (Lipinski definition) is 7. The normalized spacial score (nSPS) is 10.5. The maximum absolute atomic E-state index is 13.7. The van der Waals surface area contributed by atoms with E-state index in [0.29, 0.717) is 16.8 Å². The van der Waals surface area contributed by atoms with Gasteiger partial charge in [0.25, 0.3) is 5.91 Å². The lowest BCUT2D eigenvalue weighted by atomic mass is 9.97. The SMILES string of the molecule is CCN(CC)CC(=O)Nc1cccc(-c2cc(-c3ccc(F)cc3O)nc(NC(=O)c3ccco3)c2C#N)c1.Cl. The Morgan fingerprint density at radius 3 is 2.48 bits per heavy atom. The van der Waals surface area contributed by atoms with Crippen LogP contribution >= 0.6 is 12.4 Å². The molecule has 2 aromatic heterocycles. The van der Waals surface area contributed by atoms with E-state index in [9.17, 15) is 24.3 Å². The fourth-order valence-electron chi connectivity index (χ4n) is 4.03. The molecule has 0 aliphatic carbocycles. The van der Waals surface area contributed by atoms with Gasteiger partial charge in [-0.15, -0.1) is 12.4 Å². The van der Waals surface area contributed by atoms with Gasteiger partial charge in [0.2, 0.25) is 5.91 Å². The Morgan fingerprint density at radius 2 is 1.82 bits per heavy atom. The summed E-state index contributed by atoms with van der Waals surface area (Å²) in [7, 11) is 0. The number of rotatable bonds is 9. The van der Waals surface area contributed by atoms with Gasteiger partial charge in [0.1, 0.15) is 23.2 Å². The highest BCUT2D eigenvalue weighted by Gasteiger charge is 2.20. The zero-order chi connectivity index (χ0) is 27.9. The van der Waals surface area contributed by atoms with Gasteiger partial charge in [-0.05, 0) is 61.1 Å². The number of carbonyl (C=O) groups is 2. The first kappa shape index (κ1) is 29.8. The molecule has 206 valence electrons. The lowest BCUT2D eigenvalue weighted by molar-refractivity contribution is -0.117. The molecule has 0 bridgehead atoms. The molecule has 2 heterocycles. The van der Waals surface area contributed by atoms with Gasteiger partial charge in [0.15, 0.2) is 11.6 Å². The molecule has 0 unspecified atom stereocenters. The van der Waals surface area contributed by atoms with Crippen molar-refractivity contribution in [2.45, 2.75) is 13.8 Å². The maximum atomic E-state index is 13.7. The molecule has 0 aliphatic rings. The van der Waals surface area contributed by atoms with Crippen LogP contribution in [0.2, 0.25) is 0 Å². The second-order valence-corrected chi connectivity index (χ2v) is 8.57. The number of nitrogens with zero attached hydrogens (tertiary/aromatic N) is 3. The first-order valence-electron chi connectivity index (χ1n) is 12.2. The van der Waals surface area contributed by atoms with Crippen LogP contribution < -0.4 is 10.6 Å². The highest BCUT2D eigenvalue weighted by atomic mass is 35.5. The van der Waals surface area contributed by atoms with Crippen LogP contribution in [0.5, 0.6) is 5.75 Å². The summed E-state index contributed by atoms with van der Waals surface area (Å²) in [5.41, 5.74) is 1.86. The summed E-state index contributed by atoms with van der Waals surface area (Å²) in [6.07, 6.45) is 1.34. The molecular weight excluding hydrogens is 537 g/mol. The number of pyridine rings is 1. The third-order valence-corrected chi connectivity index (χ3v) is 6.06. The number of nitriles is 1. The topological polar surface area (TPSA) is 131 Å². The highest BCUT2D eigenvalue weighted by Crippen LogP contribution is 2.36. The largest absolute Gasteiger partial charge is 0.507 e. The van der Waals surface area contributed by atoms with Gasteiger partial charge >= 0.3 is 0 Å². The van der Waals surface area contributed by atoms with Crippen molar-refractivity contribution in [3.8, 4) is 34.2 Å². The minimum Gasteiger partial charge on any atom is -0.507 e. The molecule has 4 rings (SSSR count). The van der Waals surface area contributed by atoms with Crippen LogP contribution in [0.3, 0.4) is 0 Å². The molecule has 0 spiro atoms. The fourth-order valence-corrected chi connectivity index (χ4v) is 4.03. The van der Waals surface area contributed by atoms with Gasteiger partial charge in [-0.1, -0.05) is 26.0 Å². The average Bonchev–Trinajstić information content (AvgIpc) is 3.47. The number of benzene rings is 2. The Morgan fingerprint density at radius 1 is 1.05 bits per heavy atom. The van der Waals surface area contributed by atoms with Crippen LogP contribution in [0, 0.1) is 17.1 Å². The van der Waals surface area contributed by atoms with Crippen molar-refractivity contribution in [3.63, 3.8) is 0 Å². The van der Waals surface area contributed by atoms with E-state index in [1.165, 1.54) is 24.5 Å². The average molecular weight is 564 g/mol. The lowest BCUT2D eigenvalue weighted by Crippen LogP contribution is -2.32. The van der Waals surface area contributed by atoms with E-state index >= 15 is 0 Å². The van der Waals surface area contributed by atoms with Crippen molar-refractivity contribution in [1.29, 1.82) is 5.26 Å². The molecule has 0 aliphatic heterocycles. The predicted octanol–water partition coefficient (Wildman–Crippen LogP) is 5.68. The first-order valence-corrected chi connectivity index (χ1v) is 12.2. The van der Waals surface area contributed by atoms with Crippen LogP contribution in [0.15, 0.2) is 71.3 Å². The standard InChI is InChI=1S/C29H26FN5O4.ClH/c1-3-35(4-2)17-27(37)32-20-8-5-7-18(13-20)22-15-24(21-11-10-19(30)14-25(21)36)33-28(23(22)16-31)34-29(38)26-9-6-12-39-26;/h5-15,36H,3-4,17H2,1-2H3,(H,32,37)(H,33,34,38);1H. The number of anilines is 2. The molecule has 0 saturated heterocycles. The smallest absolute Gasteiger partial charge is 0.292 e. The number of aromatic nitrogens is 1. The Hall–Kier alpha value is -4.72. The molecule has 0 saturated carbocycles. The summed E-state index contributed by atoms with van der Waals surface area (Å²) in [4.78, 5) is 31.7. The third-order valence-electron chi connectivity index (χ3n) is 6.06. The van der Waals surface area contributed by atoms with Crippen LogP contribution in [0.4, 0.5) is 15.9 Å². The van der Waals surface area contributed by atoms with E-state index in [1.54, 1.807) is 36.4 Å². The second-order valence-electron chi connectivity index (χ2n) is 8.57. The Balaban J connectivity index is 0.00000441. The molecular formula is C29H27ClFN5O4. The van der Waals surface area contributed by atoms with E-state index < -0.39 is 11.7 Å². The Labute approximate surface area is 236 Å². The quantitative estimate of drug-likeness (QED) is 0.239. The molecule has 2 aromatic carbocycles. The molecule has 40 heavy (non-hydrogen) atoms. The lowest BCUT2D eigenvalue weighted by Gasteiger charge is -2.18. The number of hydrogen-bond donors (Lipinski definition) is 3. The molecule has 3 N–H and O–H groups in total. The summed E-state index contributed by atoms with van der Waals surface area (Å²) in [6, 6.07) is 17.0. The summed E-state index contributed by atoms with van der Waals surface area (Å²) in [6.45, 7) is 5.65. The van der Waals surface area contributed by atoms with Gasteiger partial charge in [-0.25, -0.2) is 9.37 Å². The first-order chi connectivity index (χ1) is 18.8. The summed E-state index contributed by atoms with van der Waals surface area (Å²) in [5, 5.41) is 26.0. The van der Waals surface area contributed by atoms with Gasteiger partial charge in [0.05, 0.1) is 18.5 Å². The predicted molar refractivity (Wildman–Crippen MR) is 152 cm³/mol. The van der Waals surface area contributed by atoms with Crippen molar-refractivity contribution in [1.82, 2.24) is 9.88 Å². The molecule has 0 radical (unpaired) electrons. The molecule has 2 amide bonds. The van der Waals surface area contributed by atoms with E-state index in [2.05, 4.69) is 21.7 Å². The molecule has 0 atom stereocenters. The number of aromatic hydroxyl groups is 1. The summed E-state index contributed by atoms with van der Waals surface area (Å²) >= 11 is 0. The molecule has 0 fully saturated rings. The van der Waals surface area contributed by atoms with Gasteiger partial charge in [0, 0.05) is 22.9 Å². The van der Waals surface area contributed by atoms with E-state index in [4.69, 9.17) is 4.42 Å². The van der Waals surface area contributed by atoms with E-state index in [0.717, 1.165) is 19.2 Å². The monoisotopic (exact) mass is 563 g/mol. The number of nitrogens with one attached hydrogen (secondary N) is 2. The highest BCUT2D eigenvalue weighted by molar-refractivity contribution is 6.03. The molecule has 4 aromatic rings. The van der Waals surface area contributed by atoms with E-state index in [-0.39, 0.29) is 59.0 Å². The Kier molecular flexibility index (Phi) is 9.97. The van der Waals surface area contributed by atoms with Gasteiger partial charge in [-0.2, -0.15) is 5.26 Å².